The van der Waals surface area contributed by atoms with Crippen molar-refractivity contribution < 1.29 is 5.11 Å². The second kappa shape index (κ2) is 6.81. The SMILES string of the molecule is CCCn1c(CO)nn(CN2CCC3(CCCCC3)C2)c1=S. The fraction of sp³-hybridized carbons (Fsp3) is 0.875. The third kappa shape index (κ3) is 3.14. The predicted octanol–water partition coefficient (Wildman–Crippen LogP) is 2.93. The fourth-order valence-corrected chi connectivity index (χ4v) is 4.49. The molecule has 1 saturated heterocycles. The van der Waals surface area contributed by atoms with E-state index in [1.165, 1.54) is 45.1 Å². The molecule has 6 heteroatoms. The van der Waals surface area contributed by atoms with Gasteiger partial charge in [-0.05, 0) is 43.3 Å². The molecule has 2 aliphatic rings. The normalized spacial score (nSPS) is 21.7. The lowest BCUT2D eigenvalue weighted by atomic mass is 9.74. The van der Waals surface area contributed by atoms with E-state index in [0.29, 0.717) is 11.2 Å². The Morgan fingerprint density at radius 1 is 1.23 bits per heavy atom. The van der Waals surface area contributed by atoms with Crippen LogP contribution in [0.1, 0.15) is 57.7 Å². The molecule has 1 spiro atoms. The number of hydrogen-bond donors (Lipinski definition) is 1. The van der Waals surface area contributed by atoms with E-state index in [9.17, 15) is 5.11 Å². The number of aliphatic hydroxyl groups is 1. The Labute approximate surface area is 137 Å². The standard InChI is InChI=1S/C16H28N4OS/c1-2-9-19-14(11-21)17-20(15(19)22)13-18-10-8-16(12-18)6-4-3-5-7-16/h21H,2-13H2,1H3. The third-order valence-corrected chi connectivity index (χ3v) is 5.78. The van der Waals surface area contributed by atoms with Gasteiger partial charge in [-0.2, -0.15) is 5.10 Å². The molecule has 2 heterocycles. The summed E-state index contributed by atoms with van der Waals surface area (Å²) >= 11 is 5.55. The van der Waals surface area contributed by atoms with Crippen LogP contribution < -0.4 is 0 Å². The molecule has 1 saturated carbocycles. The summed E-state index contributed by atoms with van der Waals surface area (Å²) in [6.45, 7) is 6.01. The van der Waals surface area contributed by atoms with Gasteiger partial charge in [0, 0.05) is 19.6 Å². The molecular formula is C16H28N4OS. The van der Waals surface area contributed by atoms with Crippen LogP contribution in [0.2, 0.25) is 0 Å². The van der Waals surface area contributed by atoms with Crippen molar-refractivity contribution in [2.75, 3.05) is 13.1 Å². The highest BCUT2D eigenvalue weighted by atomic mass is 32.1. The molecule has 0 amide bonds. The molecule has 5 nitrogen and oxygen atoms in total. The molecule has 22 heavy (non-hydrogen) atoms. The molecule has 0 radical (unpaired) electrons. The second-order valence-corrected chi connectivity index (χ2v) is 7.38. The highest BCUT2D eigenvalue weighted by molar-refractivity contribution is 7.71. The lowest BCUT2D eigenvalue weighted by molar-refractivity contribution is 0.165. The van der Waals surface area contributed by atoms with E-state index in [1.54, 1.807) is 0 Å². The highest BCUT2D eigenvalue weighted by Crippen LogP contribution is 2.43. The lowest BCUT2D eigenvalue weighted by Gasteiger charge is -2.33. The molecule has 1 aromatic rings. The van der Waals surface area contributed by atoms with Crippen molar-refractivity contribution >= 4 is 12.2 Å². The minimum absolute atomic E-state index is 0.0411. The van der Waals surface area contributed by atoms with Crippen molar-refractivity contribution in [1.29, 1.82) is 0 Å². The Bertz CT molecular complexity index is 559. The van der Waals surface area contributed by atoms with Crippen molar-refractivity contribution in [3.63, 3.8) is 0 Å². The first kappa shape index (κ1) is 16.1. The predicted molar refractivity (Wildman–Crippen MR) is 89.0 cm³/mol. The fourth-order valence-electron chi connectivity index (χ4n) is 4.19. The number of hydrogen-bond acceptors (Lipinski definition) is 4. The molecule has 2 fully saturated rings. The van der Waals surface area contributed by atoms with E-state index in [1.807, 2.05) is 9.25 Å². The minimum Gasteiger partial charge on any atom is -0.388 e. The molecule has 0 bridgehead atoms. The first-order valence-electron chi connectivity index (χ1n) is 8.67. The lowest BCUT2D eigenvalue weighted by Crippen LogP contribution is -2.30. The molecule has 1 aliphatic carbocycles. The molecule has 1 aromatic heterocycles. The Balaban J connectivity index is 1.70. The van der Waals surface area contributed by atoms with E-state index < -0.39 is 0 Å². The smallest absolute Gasteiger partial charge is 0.199 e. The van der Waals surface area contributed by atoms with Crippen molar-refractivity contribution in [2.24, 2.45) is 5.41 Å². The summed E-state index contributed by atoms with van der Waals surface area (Å²) in [5.41, 5.74) is 0.562. The zero-order valence-electron chi connectivity index (χ0n) is 13.6. The molecule has 1 N–H and O–H groups in total. The van der Waals surface area contributed by atoms with Crippen LogP contribution in [0.15, 0.2) is 0 Å². The van der Waals surface area contributed by atoms with Gasteiger partial charge in [0.05, 0.1) is 6.67 Å². The molecular weight excluding hydrogens is 296 g/mol. The van der Waals surface area contributed by atoms with E-state index in [4.69, 9.17) is 12.2 Å². The number of aliphatic hydroxyl groups excluding tert-OH is 1. The van der Waals surface area contributed by atoms with Gasteiger partial charge >= 0.3 is 0 Å². The van der Waals surface area contributed by atoms with Crippen molar-refractivity contribution in [3.05, 3.63) is 10.6 Å². The summed E-state index contributed by atoms with van der Waals surface area (Å²) in [7, 11) is 0. The van der Waals surface area contributed by atoms with Crippen LogP contribution in [-0.2, 0) is 19.8 Å². The van der Waals surface area contributed by atoms with Crippen LogP contribution in [0.25, 0.3) is 0 Å². The molecule has 0 atom stereocenters. The van der Waals surface area contributed by atoms with Crippen molar-refractivity contribution in [1.82, 2.24) is 19.2 Å². The van der Waals surface area contributed by atoms with Gasteiger partial charge in [0.1, 0.15) is 6.61 Å². The Kier molecular flexibility index (Phi) is 5.00. The summed E-state index contributed by atoms with van der Waals surface area (Å²) in [5.74, 6) is 0.693. The third-order valence-electron chi connectivity index (χ3n) is 5.35. The van der Waals surface area contributed by atoms with Crippen LogP contribution in [0, 0.1) is 10.2 Å². The summed E-state index contributed by atoms with van der Waals surface area (Å²) in [5, 5.41) is 14.0. The first-order chi connectivity index (χ1) is 10.7. The Hall–Kier alpha value is -0.720. The van der Waals surface area contributed by atoms with Crippen LogP contribution in [-0.4, -0.2) is 37.4 Å². The number of aromatic nitrogens is 3. The van der Waals surface area contributed by atoms with Crippen molar-refractivity contribution in [2.45, 2.75) is 71.7 Å². The van der Waals surface area contributed by atoms with Gasteiger partial charge in [0.2, 0.25) is 0 Å². The van der Waals surface area contributed by atoms with Crippen LogP contribution >= 0.6 is 12.2 Å². The number of likely N-dealkylation sites (tertiary alicyclic amines) is 1. The van der Waals surface area contributed by atoms with Gasteiger partial charge < -0.3 is 9.67 Å². The molecule has 3 rings (SSSR count). The maximum atomic E-state index is 9.49. The summed E-state index contributed by atoms with van der Waals surface area (Å²) in [6, 6.07) is 0. The summed E-state index contributed by atoms with van der Waals surface area (Å²) in [4.78, 5) is 2.49. The maximum absolute atomic E-state index is 9.49. The molecule has 1 aliphatic heterocycles. The van der Waals surface area contributed by atoms with Crippen LogP contribution in [0.4, 0.5) is 0 Å². The summed E-state index contributed by atoms with van der Waals surface area (Å²) in [6.07, 6.45) is 9.30. The largest absolute Gasteiger partial charge is 0.388 e. The average molecular weight is 324 g/mol. The van der Waals surface area contributed by atoms with E-state index in [2.05, 4.69) is 16.9 Å². The topological polar surface area (TPSA) is 46.2 Å². The molecule has 124 valence electrons. The van der Waals surface area contributed by atoms with Crippen LogP contribution in [0.5, 0.6) is 0 Å². The van der Waals surface area contributed by atoms with E-state index in [-0.39, 0.29) is 6.61 Å². The van der Waals surface area contributed by atoms with Gasteiger partial charge in [0.25, 0.3) is 0 Å². The molecule has 0 unspecified atom stereocenters. The average Bonchev–Trinajstić information content (AvgIpc) is 3.04. The van der Waals surface area contributed by atoms with Gasteiger partial charge in [-0.1, -0.05) is 26.2 Å². The number of rotatable bonds is 5. The van der Waals surface area contributed by atoms with Crippen LogP contribution in [0.3, 0.4) is 0 Å². The highest BCUT2D eigenvalue weighted by Gasteiger charge is 2.38. The van der Waals surface area contributed by atoms with E-state index in [0.717, 1.165) is 31.0 Å². The Morgan fingerprint density at radius 2 is 2.00 bits per heavy atom. The molecule has 0 aromatic carbocycles. The van der Waals surface area contributed by atoms with Gasteiger partial charge in [-0.3, -0.25) is 4.90 Å². The first-order valence-corrected chi connectivity index (χ1v) is 9.08. The second-order valence-electron chi connectivity index (χ2n) is 7.01. The zero-order chi connectivity index (χ0) is 15.6. The van der Waals surface area contributed by atoms with Gasteiger partial charge in [-0.25, -0.2) is 4.68 Å². The minimum atomic E-state index is -0.0411. The summed E-state index contributed by atoms with van der Waals surface area (Å²) < 4.78 is 4.62. The number of nitrogens with zero attached hydrogens (tertiary/aromatic N) is 4. The quantitative estimate of drug-likeness (QED) is 0.846. The van der Waals surface area contributed by atoms with E-state index >= 15 is 0 Å². The van der Waals surface area contributed by atoms with Gasteiger partial charge in [-0.15, -0.1) is 0 Å². The van der Waals surface area contributed by atoms with Crippen molar-refractivity contribution in [3.8, 4) is 0 Å². The monoisotopic (exact) mass is 324 g/mol. The van der Waals surface area contributed by atoms with Gasteiger partial charge in [0.15, 0.2) is 10.6 Å². The maximum Gasteiger partial charge on any atom is 0.199 e. The Morgan fingerprint density at radius 3 is 2.68 bits per heavy atom. The zero-order valence-corrected chi connectivity index (χ0v) is 14.4.